The molecule has 0 radical (unpaired) electrons. The summed E-state index contributed by atoms with van der Waals surface area (Å²) >= 11 is 0. The van der Waals surface area contributed by atoms with E-state index in [0.29, 0.717) is 11.3 Å². The molecule has 0 bridgehead atoms. The molecule has 1 aromatic carbocycles. The van der Waals surface area contributed by atoms with Crippen molar-refractivity contribution in [1.82, 2.24) is 9.78 Å². The maximum atomic E-state index is 12.4. The second kappa shape index (κ2) is 5.16. The van der Waals surface area contributed by atoms with Crippen LogP contribution in [0, 0.1) is 6.92 Å². The van der Waals surface area contributed by atoms with Gasteiger partial charge in [-0.1, -0.05) is 18.2 Å². The minimum Gasteiger partial charge on any atom is -0.405 e. The smallest absolute Gasteiger partial charge is 0.405 e. The first-order valence-electron chi connectivity index (χ1n) is 5.81. The molecule has 0 amide bonds. The monoisotopic (exact) mass is 286 g/mol. The molecule has 0 spiro atoms. The maximum Gasteiger partial charge on any atom is 0.573 e. The van der Waals surface area contributed by atoms with Gasteiger partial charge in [0.2, 0.25) is 0 Å². The van der Waals surface area contributed by atoms with Gasteiger partial charge in [-0.2, -0.15) is 5.10 Å². The Bertz CT molecular complexity index is 608. The van der Waals surface area contributed by atoms with Crippen LogP contribution in [-0.2, 0) is 7.05 Å². The molecule has 2 rings (SSSR count). The first-order chi connectivity index (χ1) is 9.28. The lowest BCUT2D eigenvalue weighted by Gasteiger charge is -2.16. The van der Waals surface area contributed by atoms with E-state index in [-0.39, 0.29) is 5.56 Å². The molecule has 0 aliphatic carbocycles. The van der Waals surface area contributed by atoms with E-state index >= 15 is 0 Å². The van der Waals surface area contributed by atoms with E-state index in [1.54, 1.807) is 20.2 Å². The van der Waals surface area contributed by atoms with Crippen LogP contribution in [0.15, 0.2) is 30.5 Å². The van der Waals surface area contributed by atoms with Gasteiger partial charge < -0.3 is 9.84 Å². The summed E-state index contributed by atoms with van der Waals surface area (Å²) in [6.07, 6.45) is -4.48. The predicted molar refractivity (Wildman–Crippen MR) is 65.1 cm³/mol. The number of aliphatic hydroxyl groups excluding tert-OH is 1. The van der Waals surface area contributed by atoms with E-state index in [0.717, 1.165) is 6.07 Å². The number of aliphatic hydroxyl groups is 1. The third-order valence-corrected chi connectivity index (χ3v) is 2.79. The van der Waals surface area contributed by atoms with Gasteiger partial charge in [-0.05, 0) is 13.0 Å². The normalized spacial score (nSPS) is 13.3. The molecule has 1 aromatic heterocycles. The van der Waals surface area contributed by atoms with Gasteiger partial charge in [0.1, 0.15) is 11.9 Å². The highest BCUT2D eigenvalue weighted by Crippen LogP contribution is 2.34. The van der Waals surface area contributed by atoms with E-state index in [2.05, 4.69) is 9.84 Å². The van der Waals surface area contributed by atoms with E-state index in [1.807, 2.05) is 0 Å². The van der Waals surface area contributed by atoms with Crippen LogP contribution in [0.3, 0.4) is 0 Å². The summed E-state index contributed by atoms with van der Waals surface area (Å²) in [6.45, 7) is 1.67. The van der Waals surface area contributed by atoms with Crippen molar-refractivity contribution in [1.29, 1.82) is 0 Å². The summed E-state index contributed by atoms with van der Waals surface area (Å²) in [7, 11) is 1.67. The van der Waals surface area contributed by atoms with Gasteiger partial charge in [0.25, 0.3) is 0 Å². The number of hydrogen-bond donors (Lipinski definition) is 1. The number of nitrogens with zero attached hydrogens (tertiary/aromatic N) is 2. The highest BCUT2D eigenvalue weighted by Gasteiger charge is 2.33. The van der Waals surface area contributed by atoms with Crippen molar-refractivity contribution < 1.29 is 23.0 Å². The van der Waals surface area contributed by atoms with Crippen LogP contribution < -0.4 is 4.74 Å². The largest absolute Gasteiger partial charge is 0.573 e. The molecule has 0 fully saturated rings. The van der Waals surface area contributed by atoms with Crippen molar-refractivity contribution in [3.05, 3.63) is 47.3 Å². The number of aromatic nitrogens is 2. The van der Waals surface area contributed by atoms with Crippen LogP contribution in [0.2, 0.25) is 0 Å². The minimum atomic E-state index is -4.81. The predicted octanol–water partition coefficient (Wildman–Crippen LogP) is 2.71. The van der Waals surface area contributed by atoms with Crippen molar-refractivity contribution in [3.8, 4) is 5.75 Å². The van der Waals surface area contributed by atoms with Crippen LogP contribution in [-0.4, -0.2) is 21.2 Å². The fourth-order valence-corrected chi connectivity index (χ4v) is 1.98. The van der Waals surface area contributed by atoms with Crippen molar-refractivity contribution in [2.75, 3.05) is 0 Å². The van der Waals surface area contributed by atoms with Crippen molar-refractivity contribution in [3.63, 3.8) is 0 Å². The van der Waals surface area contributed by atoms with Crippen LogP contribution >= 0.6 is 0 Å². The standard InChI is InChI=1S/C13H13F3N2O2/c1-8-10(7-18(2)17-8)12(19)9-5-3-4-6-11(9)20-13(14,15)16/h3-7,12,19H,1-2H3. The van der Waals surface area contributed by atoms with Gasteiger partial charge in [-0.3, -0.25) is 4.68 Å². The third kappa shape index (κ3) is 3.11. The molecule has 1 heterocycles. The fourth-order valence-electron chi connectivity index (χ4n) is 1.98. The molecule has 1 N–H and O–H groups in total. The Labute approximate surface area is 113 Å². The molecule has 108 valence electrons. The summed E-state index contributed by atoms with van der Waals surface area (Å²) in [5.41, 5.74) is 1.02. The number of aryl methyl sites for hydroxylation is 2. The molecule has 0 aliphatic heterocycles. The van der Waals surface area contributed by atoms with Gasteiger partial charge >= 0.3 is 6.36 Å². The van der Waals surface area contributed by atoms with Gasteiger partial charge in [0.15, 0.2) is 0 Å². The zero-order valence-corrected chi connectivity index (χ0v) is 10.8. The Balaban J connectivity index is 2.40. The van der Waals surface area contributed by atoms with Crippen LogP contribution in [0.4, 0.5) is 13.2 Å². The second-order valence-corrected chi connectivity index (χ2v) is 4.33. The lowest BCUT2D eigenvalue weighted by molar-refractivity contribution is -0.275. The van der Waals surface area contributed by atoms with E-state index in [1.165, 1.54) is 22.9 Å². The van der Waals surface area contributed by atoms with E-state index in [4.69, 9.17) is 0 Å². The Morgan fingerprint density at radius 1 is 1.25 bits per heavy atom. The van der Waals surface area contributed by atoms with Crippen molar-refractivity contribution in [2.45, 2.75) is 19.4 Å². The molecule has 4 nitrogen and oxygen atoms in total. The molecule has 1 unspecified atom stereocenters. The number of halogens is 3. The molecular formula is C13H13F3N2O2. The quantitative estimate of drug-likeness (QED) is 0.943. The molecule has 0 saturated heterocycles. The highest BCUT2D eigenvalue weighted by molar-refractivity contribution is 5.40. The third-order valence-electron chi connectivity index (χ3n) is 2.79. The average Bonchev–Trinajstić information content (AvgIpc) is 2.66. The number of hydrogen-bond acceptors (Lipinski definition) is 3. The summed E-state index contributed by atoms with van der Waals surface area (Å²) < 4.78 is 42.5. The van der Waals surface area contributed by atoms with Gasteiger partial charge in [-0.15, -0.1) is 13.2 Å². The summed E-state index contributed by atoms with van der Waals surface area (Å²) in [5.74, 6) is -0.421. The van der Waals surface area contributed by atoms with Gasteiger partial charge in [0.05, 0.1) is 5.69 Å². The number of rotatable bonds is 3. The van der Waals surface area contributed by atoms with Crippen LogP contribution in [0.5, 0.6) is 5.75 Å². The molecular weight excluding hydrogens is 273 g/mol. The zero-order chi connectivity index (χ0) is 14.9. The Morgan fingerprint density at radius 3 is 2.45 bits per heavy atom. The first-order valence-corrected chi connectivity index (χ1v) is 5.81. The van der Waals surface area contributed by atoms with Gasteiger partial charge in [0, 0.05) is 24.4 Å². The summed E-state index contributed by atoms with van der Waals surface area (Å²) in [5, 5.41) is 14.3. The number of ether oxygens (including phenoxy) is 1. The lowest BCUT2D eigenvalue weighted by atomic mass is 10.0. The SMILES string of the molecule is Cc1nn(C)cc1C(O)c1ccccc1OC(F)(F)F. The molecule has 0 aliphatic rings. The zero-order valence-electron chi connectivity index (χ0n) is 10.8. The minimum absolute atomic E-state index is 0.0425. The molecule has 2 aromatic rings. The molecule has 7 heteroatoms. The second-order valence-electron chi connectivity index (χ2n) is 4.33. The number of benzene rings is 1. The lowest BCUT2D eigenvalue weighted by Crippen LogP contribution is -2.18. The Hall–Kier alpha value is -2.02. The van der Waals surface area contributed by atoms with Crippen molar-refractivity contribution >= 4 is 0 Å². The summed E-state index contributed by atoms with van der Waals surface area (Å²) in [4.78, 5) is 0. The summed E-state index contributed by atoms with van der Waals surface area (Å²) in [6, 6.07) is 5.50. The van der Waals surface area contributed by atoms with Gasteiger partial charge in [-0.25, -0.2) is 0 Å². The number of para-hydroxylation sites is 1. The molecule has 20 heavy (non-hydrogen) atoms. The van der Waals surface area contributed by atoms with Crippen LogP contribution in [0.1, 0.15) is 22.9 Å². The maximum absolute atomic E-state index is 12.4. The van der Waals surface area contributed by atoms with Crippen LogP contribution in [0.25, 0.3) is 0 Å². The molecule has 1 atom stereocenters. The highest BCUT2D eigenvalue weighted by atomic mass is 19.4. The fraction of sp³-hybridized carbons (Fsp3) is 0.308. The topological polar surface area (TPSA) is 47.3 Å². The Kier molecular flexibility index (Phi) is 3.71. The first kappa shape index (κ1) is 14.4. The Morgan fingerprint density at radius 2 is 1.90 bits per heavy atom. The average molecular weight is 286 g/mol. The van der Waals surface area contributed by atoms with Crippen molar-refractivity contribution in [2.24, 2.45) is 7.05 Å². The number of alkyl halides is 3. The van der Waals surface area contributed by atoms with E-state index in [9.17, 15) is 18.3 Å². The van der Waals surface area contributed by atoms with E-state index < -0.39 is 18.2 Å². The molecule has 0 saturated carbocycles.